The average molecular weight is 305 g/mol. The van der Waals surface area contributed by atoms with Crippen molar-refractivity contribution in [2.45, 2.75) is 52.1 Å². The lowest BCUT2D eigenvalue weighted by Gasteiger charge is -2.12. The molecule has 1 amide bonds. The Morgan fingerprint density at radius 2 is 2.14 bits per heavy atom. The number of carbonyl (C=O) groups is 1. The van der Waals surface area contributed by atoms with E-state index in [0.717, 1.165) is 25.0 Å². The summed E-state index contributed by atoms with van der Waals surface area (Å²) in [6.07, 6.45) is 3.06. The van der Waals surface area contributed by atoms with Crippen LogP contribution in [-0.4, -0.2) is 31.1 Å². The summed E-state index contributed by atoms with van der Waals surface area (Å²) >= 11 is 0. The van der Waals surface area contributed by atoms with Crippen LogP contribution in [0, 0.1) is 13.8 Å². The van der Waals surface area contributed by atoms with E-state index >= 15 is 0 Å². The van der Waals surface area contributed by atoms with Gasteiger partial charge in [-0.1, -0.05) is 19.4 Å². The van der Waals surface area contributed by atoms with Crippen molar-refractivity contribution >= 4 is 5.91 Å². The third-order valence-corrected chi connectivity index (χ3v) is 4.08. The standard InChI is InChI=1S/C17H27N3O2/c1-4-5-14-11-16(20-19-14)17(21)18-8-9-22-15-7-6-12(2)13(3)10-15/h6-7,10,14,16,19-20H,4-5,8-9,11H2,1-3H3,(H,18,21). The van der Waals surface area contributed by atoms with Gasteiger partial charge in [-0.25, -0.2) is 5.43 Å². The molecule has 1 aliphatic heterocycles. The van der Waals surface area contributed by atoms with Crippen LogP contribution in [0.15, 0.2) is 18.2 Å². The molecule has 0 aliphatic carbocycles. The van der Waals surface area contributed by atoms with Crippen molar-refractivity contribution in [2.24, 2.45) is 0 Å². The van der Waals surface area contributed by atoms with Crippen LogP contribution >= 0.6 is 0 Å². The maximum absolute atomic E-state index is 12.0. The van der Waals surface area contributed by atoms with Gasteiger partial charge >= 0.3 is 0 Å². The summed E-state index contributed by atoms with van der Waals surface area (Å²) in [5.41, 5.74) is 8.70. The van der Waals surface area contributed by atoms with E-state index in [1.54, 1.807) is 0 Å². The van der Waals surface area contributed by atoms with E-state index in [0.29, 0.717) is 19.2 Å². The van der Waals surface area contributed by atoms with Crippen LogP contribution < -0.4 is 20.9 Å². The molecule has 1 aliphatic rings. The number of benzene rings is 1. The number of carbonyl (C=O) groups excluding carboxylic acids is 1. The Balaban J connectivity index is 1.66. The molecule has 5 heteroatoms. The zero-order valence-corrected chi connectivity index (χ0v) is 13.7. The number of nitrogens with one attached hydrogen (secondary N) is 3. The van der Waals surface area contributed by atoms with E-state index in [9.17, 15) is 4.79 Å². The van der Waals surface area contributed by atoms with Crippen LogP contribution in [0.4, 0.5) is 0 Å². The normalized spacial score (nSPS) is 20.9. The van der Waals surface area contributed by atoms with Gasteiger partial charge < -0.3 is 10.1 Å². The quantitative estimate of drug-likeness (QED) is 0.673. The van der Waals surface area contributed by atoms with Crippen LogP contribution in [-0.2, 0) is 4.79 Å². The Bertz CT molecular complexity index is 505. The second kappa shape index (κ2) is 8.15. The molecule has 3 N–H and O–H groups in total. The minimum Gasteiger partial charge on any atom is -0.492 e. The van der Waals surface area contributed by atoms with Crippen LogP contribution in [0.5, 0.6) is 5.75 Å². The van der Waals surface area contributed by atoms with Crippen LogP contribution in [0.3, 0.4) is 0 Å². The van der Waals surface area contributed by atoms with Gasteiger partial charge in [0.1, 0.15) is 18.4 Å². The third kappa shape index (κ3) is 4.71. The first-order valence-electron chi connectivity index (χ1n) is 8.09. The highest BCUT2D eigenvalue weighted by atomic mass is 16.5. The van der Waals surface area contributed by atoms with Gasteiger partial charge in [-0.2, -0.15) is 0 Å². The van der Waals surface area contributed by atoms with Gasteiger partial charge in [0.2, 0.25) is 5.91 Å². The van der Waals surface area contributed by atoms with E-state index in [1.165, 1.54) is 11.1 Å². The molecule has 2 unspecified atom stereocenters. The maximum Gasteiger partial charge on any atom is 0.238 e. The summed E-state index contributed by atoms with van der Waals surface area (Å²) in [4.78, 5) is 12.0. The van der Waals surface area contributed by atoms with E-state index < -0.39 is 0 Å². The highest BCUT2D eigenvalue weighted by Crippen LogP contribution is 2.16. The predicted octanol–water partition coefficient (Wildman–Crippen LogP) is 1.83. The maximum atomic E-state index is 12.0. The fourth-order valence-corrected chi connectivity index (χ4v) is 2.60. The average Bonchev–Trinajstić information content (AvgIpc) is 2.96. The first-order chi connectivity index (χ1) is 10.6. The first-order valence-corrected chi connectivity index (χ1v) is 8.09. The number of hydrogen-bond donors (Lipinski definition) is 3. The molecule has 0 saturated carbocycles. The first kappa shape index (κ1) is 16.8. The zero-order chi connectivity index (χ0) is 15.9. The number of amides is 1. The van der Waals surface area contributed by atoms with Gasteiger partial charge in [-0.05, 0) is 49.9 Å². The molecule has 2 atom stereocenters. The van der Waals surface area contributed by atoms with Gasteiger partial charge in [0, 0.05) is 6.04 Å². The largest absolute Gasteiger partial charge is 0.492 e. The SMILES string of the molecule is CCCC1CC(C(=O)NCCOc2ccc(C)c(C)c2)NN1. The van der Waals surface area contributed by atoms with Crippen molar-refractivity contribution < 1.29 is 9.53 Å². The molecule has 1 heterocycles. The van der Waals surface area contributed by atoms with Crippen LogP contribution in [0.2, 0.25) is 0 Å². The van der Waals surface area contributed by atoms with Crippen LogP contribution in [0.25, 0.3) is 0 Å². The van der Waals surface area contributed by atoms with Gasteiger partial charge in [0.05, 0.1) is 6.54 Å². The molecule has 1 saturated heterocycles. The summed E-state index contributed by atoms with van der Waals surface area (Å²) in [5, 5.41) is 2.92. The van der Waals surface area contributed by atoms with Crippen LogP contribution in [0.1, 0.15) is 37.3 Å². The van der Waals surface area contributed by atoms with E-state index in [4.69, 9.17) is 4.74 Å². The molecule has 122 valence electrons. The highest BCUT2D eigenvalue weighted by molar-refractivity contribution is 5.82. The number of hydrazine groups is 1. The Labute approximate surface area is 132 Å². The fraction of sp³-hybridized carbons (Fsp3) is 0.588. The van der Waals surface area contributed by atoms with Crippen molar-refractivity contribution in [3.8, 4) is 5.75 Å². The molecule has 0 aromatic heterocycles. The zero-order valence-electron chi connectivity index (χ0n) is 13.7. The van der Waals surface area contributed by atoms with Gasteiger partial charge in [-0.15, -0.1) is 0 Å². The Hall–Kier alpha value is -1.59. The highest BCUT2D eigenvalue weighted by Gasteiger charge is 2.28. The summed E-state index contributed by atoms with van der Waals surface area (Å²) in [5.74, 6) is 0.885. The Morgan fingerprint density at radius 3 is 2.86 bits per heavy atom. The second-order valence-electron chi connectivity index (χ2n) is 5.95. The molecule has 1 aromatic rings. The smallest absolute Gasteiger partial charge is 0.238 e. The summed E-state index contributed by atoms with van der Waals surface area (Å²) in [6, 6.07) is 6.29. The van der Waals surface area contributed by atoms with E-state index in [1.807, 2.05) is 18.2 Å². The lowest BCUT2D eigenvalue weighted by atomic mass is 10.1. The van der Waals surface area contributed by atoms with Crippen molar-refractivity contribution in [3.05, 3.63) is 29.3 Å². The molecule has 1 aromatic carbocycles. The second-order valence-corrected chi connectivity index (χ2v) is 5.95. The molecule has 22 heavy (non-hydrogen) atoms. The number of rotatable bonds is 7. The lowest BCUT2D eigenvalue weighted by molar-refractivity contribution is -0.123. The molecule has 0 bridgehead atoms. The Morgan fingerprint density at radius 1 is 1.32 bits per heavy atom. The number of ether oxygens (including phenoxy) is 1. The molecule has 1 fully saturated rings. The van der Waals surface area contributed by atoms with Crippen molar-refractivity contribution in [2.75, 3.05) is 13.2 Å². The molecule has 2 rings (SSSR count). The van der Waals surface area contributed by atoms with Crippen molar-refractivity contribution in [1.82, 2.24) is 16.2 Å². The minimum atomic E-state index is -0.141. The monoisotopic (exact) mass is 305 g/mol. The predicted molar refractivity (Wildman–Crippen MR) is 87.8 cm³/mol. The van der Waals surface area contributed by atoms with E-state index in [-0.39, 0.29) is 11.9 Å². The summed E-state index contributed by atoms with van der Waals surface area (Å²) in [7, 11) is 0. The number of hydrogen-bond acceptors (Lipinski definition) is 4. The molecule has 0 radical (unpaired) electrons. The summed E-state index contributed by atoms with van der Waals surface area (Å²) < 4.78 is 5.66. The molecule has 0 spiro atoms. The van der Waals surface area contributed by atoms with Gasteiger partial charge in [0.15, 0.2) is 0 Å². The molecular weight excluding hydrogens is 278 g/mol. The lowest BCUT2D eigenvalue weighted by Crippen LogP contribution is -2.44. The van der Waals surface area contributed by atoms with Gasteiger partial charge in [0.25, 0.3) is 0 Å². The molecule has 5 nitrogen and oxygen atoms in total. The van der Waals surface area contributed by atoms with E-state index in [2.05, 4.69) is 36.9 Å². The van der Waals surface area contributed by atoms with Crippen molar-refractivity contribution in [3.63, 3.8) is 0 Å². The van der Waals surface area contributed by atoms with Gasteiger partial charge in [-0.3, -0.25) is 10.2 Å². The molecular formula is C17H27N3O2. The summed E-state index contributed by atoms with van der Waals surface area (Å²) in [6.45, 7) is 7.29. The fourth-order valence-electron chi connectivity index (χ4n) is 2.60. The topological polar surface area (TPSA) is 62.4 Å². The van der Waals surface area contributed by atoms with Crippen molar-refractivity contribution in [1.29, 1.82) is 0 Å². The number of aryl methyl sites for hydroxylation is 2. The minimum absolute atomic E-state index is 0.0368. The third-order valence-electron chi connectivity index (χ3n) is 4.08. The Kier molecular flexibility index (Phi) is 6.21.